The van der Waals surface area contributed by atoms with Crippen molar-refractivity contribution in [2.24, 2.45) is 0 Å². The van der Waals surface area contributed by atoms with Crippen molar-refractivity contribution in [3.05, 3.63) is 90.3 Å². The zero-order chi connectivity index (χ0) is 24.5. The smallest absolute Gasteiger partial charge is 0.309 e. The van der Waals surface area contributed by atoms with E-state index in [0.717, 1.165) is 48.7 Å². The van der Waals surface area contributed by atoms with Crippen molar-refractivity contribution >= 4 is 17.5 Å². The molecule has 1 fully saturated rings. The molecule has 35 heavy (non-hydrogen) atoms. The maximum Gasteiger partial charge on any atom is 0.309 e. The summed E-state index contributed by atoms with van der Waals surface area (Å²) in [6.07, 6.45) is 3.55. The molecular formula is C27H31N5O3. The average Bonchev–Trinajstić information content (AvgIpc) is 2.93. The third-order valence-electron chi connectivity index (χ3n) is 6.21. The molecule has 1 saturated heterocycles. The maximum absolute atomic E-state index is 12.5. The van der Waals surface area contributed by atoms with Crippen LogP contribution in [0.5, 0.6) is 5.75 Å². The largest absolute Gasteiger partial charge is 0.495 e. The summed E-state index contributed by atoms with van der Waals surface area (Å²) in [7, 11) is 1.69. The van der Waals surface area contributed by atoms with E-state index >= 15 is 0 Å². The Labute approximate surface area is 205 Å². The van der Waals surface area contributed by atoms with Crippen LogP contribution in [0, 0.1) is 0 Å². The Morgan fingerprint density at radius 1 is 0.914 bits per heavy atom. The van der Waals surface area contributed by atoms with Gasteiger partial charge in [-0.1, -0.05) is 48.5 Å². The molecule has 3 aromatic rings. The predicted octanol–water partition coefficient (Wildman–Crippen LogP) is 2.39. The summed E-state index contributed by atoms with van der Waals surface area (Å²) in [6, 6.07) is 21.3. The number of hydrogen-bond donors (Lipinski definition) is 2. The maximum atomic E-state index is 12.5. The molecule has 1 atom stereocenters. The number of anilines is 1. The Morgan fingerprint density at radius 3 is 2.34 bits per heavy atom. The lowest BCUT2D eigenvalue weighted by Crippen LogP contribution is -2.51. The lowest BCUT2D eigenvalue weighted by atomic mass is 10.1. The number of nitrogens with zero attached hydrogens (tertiary/aromatic N) is 3. The standard InChI is InChI=1S/C27H31N5O3/c1-35-25-12-6-5-11-23(25)31-14-16-32(17-15-31)24(22-10-7-13-28-19-22)20-30-27(34)26(33)29-18-21-8-3-2-4-9-21/h2-13,19,24H,14-18,20H2,1H3,(H,29,33)(H,30,34)/t24-/m1/s1. The summed E-state index contributed by atoms with van der Waals surface area (Å²) in [5.74, 6) is -0.416. The van der Waals surface area contributed by atoms with Crippen LogP contribution < -0.4 is 20.3 Å². The topological polar surface area (TPSA) is 86.8 Å². The Bertz CT molecular complexity index is 1100. The summed E-state index contributed by atoms with van der Waals surface area (Å²) >= 11 is 0. The fourth-order valence-corrected chi connectivity index (χ4v) is 4.32. The van der Waals surface area contributed by atoms with Crippen LogP contribution in [0.4, 0.5) is 5.69 Å². The number of carbonyl (C=O) groups is 2. The van der Waals surface area contributed by atoms with Gasteiger partial charge in [0.05, 0.1) is 18.8 Å². The molecule has 0 spiro atoms. The van der Waals surface area contributed by atoms with Gasteiger partial charge < -0.3 is 20.3 Å². The highest BCUT2D eigenvalue weighted by molar-refractivity contribution is 6.35. The van der Waals surface area contributed by atoms with Gasteiger partial charge in [-0.05, 0) is 29.3 Å². The molecule has 0 radical (unpaired) electrons. The van der Waals surface area contributed by atoms with Crippen LogP contribution in [0.2, 0.25) is 0 Å². The molecular weight excluding hydrogens is 442 g/mol. The van der Waals surface area contributed by atoms with E-state index < -0.39 is 11.8 Å². The number of amides is 2. The van der Waals surface area contributed by atoms with Crippen molar-refractivity contribution in [3.63, 3.8) is 0 Å². The molecule has 0 aliphatic carbocycles. The van der Waals surface area contributed by atoms with Crippen LogP contribution in [-0.2, 0) is 16.1 Å². The van der Waals surface area contributed by atoms with Gasteiger partial charge in [0.25, 0.3) is 0 Å². The van der Waals surface area contributed by atoms with Crippen molar-refractivity contribution in [3.8, 4) is 5.75 Å². The number of aromatic nitrogens is 1. The average molecular weight is 474 g/mol. The van der Waals surface area contributed by atoms with Crippen molar-refractivity contribution in [1.29, 1.82) is 0 Å². The SMILES string of the molecule is COc1ccccc1N1CCN([C@H](CNC(=O)C(=O)NCc2ccccc2)c2cccnc2)CC1. The number of pyridine rings is 1. The Morgan fingerprint density at radius 2 is 1.63 bits per heavy atom. The van der Waals surface area contributed by atoms with Gasteiger partial charge in [-0.3, -0.25) is 19.5 Å². The molecule has 0 bridgehead atoms. The zero-order valence-corrected chi connectivity index (χ0v) is 19.9. The lowest BCUT2D eigenvalue weighted by molar-refractivity contribution is -0.139. The third-order valence-corrected chi connectivity index (χ3v) is 6.21. The van der Waals surface area contributed by atoms with E-state index in [1.807, 2.05) is 66.9 Å². The number of piperazine rings is 1. The molecule has 2 N–H and O–H groups in total. The number of rotatable bonds is 8. The van der Waals surface area contributed by atoms with Gasteiger partial charge >= 0.3 is 11.8 Å². The summed E-state index contributed by atoms with van der Waals surface area (Å²) in [5, 5.41) is 5.50. The van der Waals surface area contributed by atoms with E-state index in [9.17, 15) is 9.59 Å². The normalized spacial score (nSPS) is 14.7. The van der Waals surface area contributed by atoms with Gasteiger partial charge in [-0.2, -0.15) is 0 Å². The Balaban J connectivity index is 1.36. The quantitative estimate of drug-likeness (QED) is 0.489. The van der Waals surface area contributed by atoms with Crippen molar-refractivity contribution < 1.29 is 14.3 Å². The number of hydrogen-bond acceptors (Lipinski definition) is 6. The van der Waals surface area contributed by atoms with E-state index in [1.165, 1.54) is 0 Å². The van der Waals surface area contributed by atoms with Crippen molar-refractivity contribution in [1.82, 2.24) is 20.5 Å². The van der Waals surface area contributed by atoms with Crippen LogP contribution in [0.3, 0.4) is 0 Å². The van der Waals surface area contributed by atoms with Gasteiger partial charge in [0.2, 0.25) is 0 Å². The first-order chi connectivity index (χ1) is 17.2. The van der Waals surface area contributed by atoms with Gasteiger partial charge in [0.15, 0.2) is 0 Å². The summed E-state index contributed by atoms with van der Waals surface area (Å²) in [6.45, 7) is 3.87. The van der Waals surface area contributed by atoms with E-state index in [0.29, 0.717) is 13.1 Å². The molecule has 2 aromatic carbocycles. The highest BCUT2D eigenvalue weighted by Gasteiger charge is 2.27. The second-order valence-electron chi connectivity index (χ2n) is 8.38. The fraction of sp³-hybridized carbons (Fsp3) is 0.296. The molecule has 4 rings (SSSR count). The third kappa shape index (κ3) is 6.36. The highest BCUT2D eigenvalue weighted by atomic mass is 16.5. The monoisotopic (exact) mass is 473 g/mol. The van der Waals surface area contributed by atoms with Crippen molar-refractivity contribution in [2.75, 3.05) is 44.7 Å². The molecule has 2 heterocycles. The van der Waals surface area contributed by atoms with E-state index in [4.69, 9.17) is 4.74 Å². The first kappa shape index (κ1) is 24.2. The van der Waals surface area contributed by atoms with E-state index in [2.05, 4.69) is 31.5 Å². The fourth-order valence-electron chi connectivity index (χ4n) is 4.32. The molecule has 2 amide bonds. The predicted molar refractivity (Wildman–Crippen MR) is 135 cm³/mol. The number of nitrogens with one attached hydrogen (secondary N) is 2. The molecule has 1 aliphatic rings. The van der Waals surface area contributed by atoms with Crippen LogP contribution in [0.25, 0.3) is 0 Å². The minimum absolute atomic E-state index is 0.0885. The number of carbonyl (C=O) groups excluding carboxylic acids is 2. The van der Waals surface area contributed by atoms with Gasteiger partial charge in [-0.15, -0.1) is 0 Å². The van der Waals surface area contributed by atoms with E-state index in [1.54, 1.807) is 13.3 Å². The highest BCUT2D eigenvalue weighted by Crippen LogP contribution is 2.30. The van der Waals surface area contributed by atoms with Gasteiger partial charge in [0, 0.05) is 51.7 Å². The first-order valence-electron chi connectivity index (χ1n) is 11.8. The minimum atomic E-state index is -0.639. The van der Waals surface area contributed by atoms with Crippen molar-refractivity contribution in [2.45, 2.75) is 12.6 Å². The molecule has 0 saturated carbocycles. The van der Waals surface area contributed by atoms with Gasteiger partial charge in [0.1, 0.15) is 5.75 Å². The second kappa shape index (κ2) is 12.0. The number of para-hydroxylation sites is 2. The molecule has 8 nitrogen and oxygen atoms in total. The Hall–Kier alpha value is -3.91. The Kier molecular flexibility index (Phi) is 8.30. The number of methoxy groups -OCH3 is 1. The zero-order valence-electron chi connectivity index (χ0n) is 19.9. The summed E-state index contributed by atoms with van der Waals surface area (Å²) in [4.78, 5) is 33.7. The second-order valence-corrected chi connectivity index (χ2v) is 8.38. The van der Waals surface area contributed by atoms with Crippen LogP contribution >= 0.6 is 0 Å². The van der Waals surface area contributed by atoms with Crippen LogP contribution in [0.15, 0.2) is 79.1 Å². The first-order valence-corrected chi connectivity index (χ1v) is 11.8. The molecule has 1 aromatic heterocycles. The number of ether oxygens (including phenoxy) is 1. The van der Waals surface area contributed by atoms with Crippen LogP contribution in [0.1, 0.15) is 17.2 Å². The van der Waals surface area contributed by atoms with E-state index in [-0.39, 0.29) is 6.04 Å². The minimum Gasteiger partial charge on any atom is -0.495 e. The molecule has 0 unspecified atom stereocenters. The molecule has 1 aliphatic heterocycles. The number of benzene rings is 2. The summed E-state index contributed by atoms with van der Waals surface area (Å²) in [5.41, 5.74) is 3.02. The molecule has 8 heteroatoms. The summed E-state index contributed by atoms with van der Waals surface area (Å²) < 4.78 is 5.53. The lowest BCUT2D eigenvalue weighted by Gasteiger charge is -2.40. The van der Waals surface area contributed by atoms with Gasteiger partial charge in [-0.25, -0.2) is 0 Å². The molecule has 182 valence electrons. The van der Waals surface area contributed by atoms with Crippen LogP contribution in [-0.4, -0.2) is 61.5 Å².